The first-order chi connectivity index (χ1) is 7.68. The summed E-state index contributed by atoms with van der Waals surface area (Å²) in [6.07, 6.45) is 0. The number of nitrogen functional groups attached to an aromatic ring is 1. The van der Waals surface area contributed by atoms with E-state index in [1.807, 2.05) is 6.07 Å². The summed E-state index contributed by atoms with van der Waals surface area (Å²) in [6, 6.07) is 6.97. The first-order valence-electron chi connectivity index (χ1n) is 4.31. The molecule has 1 heterocycles. The van der Waals surface area contributed by atoms with Gasteiger partial charge in [-0.2, -0.15) is 5.21 Å². The Morgan fingerprint density at radius 2 is 2.12 bits per heavy atom. The second-order valence-electron chi connectivity index (χ2n) is 2.88. The first kappa shape index (κ1) is 10.6. The highest BCUT2D eigenvalue weighted by Crippen LogP contribution is 2.24. The van der Waals surface area contributed by atoms with E-state index in [0.29, 0.717) is 10.2 Å². The van der Waals surface area contributed by atoms with E-state index in [0.717, 1.165) is 0 Å². The largest absolute Gasteiger partial charge is 0.420 e. The number of H-pyrrole nitrogens is 1. The second kappa shape index (κ2) is 4.31. The average Bonchev–Trinajstić information content (AvgIpc) is 2.68. The van der Waals surface area contributed by atoms with Crippen LogP contribution in [0.25, 0.3) is 0 Å². The van der Waals surface area contributed by atoms with Crippen molar-refractivity contribution < 1.29 is 9.53 Å². The minimum absolute atomic E-state index is 0.0112. The number of carbonyl (C=O) groups excluding carboxylic acids is 1. The normalized spacial score (nSPS) is 10.1. The van der Waals surface area contributed by atoms with Crippen LogP contribution >= 0.6 is 15.9 Å². The Balaban J connectivity index is 2.21. The third-order valence-electron chi connectivity index (χ3n) is 1.81. The van der Waals surface area contributed by atoms with Crippen molar-refractivity contribution in [3.63, 3.8) is 0 Å². The Bertz CT molecular complexity index is 526. The number of nitrogens with two attached hydrogens (primary N) is 1. The number of esters is 1. The number of para-hydroxylation sites is 1. The third-order valence-corrected chi connectivity index (χ3v) is 2.46. The predicted octanol–water partition coefficient (Wildman–Crippen LogP) is 1.37. The van der Waals surface area contributed by atoms with E-state index in [1.165, 1.54) is 0 Å². The van der Waals surface area contributed by atoms with Crippen LogP contribution in [0.3, 0.4) is 0 Å². The third kappa shape index (κ3) is 2.03. The molecule has 0 spiro atoms. The van der Waals surface area contributed by atoms with Crippen LogP contribution in [0.2, 0.25) is 0 Å². The number of aromatic amines is 1. The van der Waals surface area contributed by atoms with Crippen LogP contribution in [0.15, 0.2) is 28.7 Å². The number of nitrogens with one attached hydrogen (secondary N) is 1. The molecule has 0 bridgehead atoms. The van der Waals surface area contributed by atoms with Gasteiger partial charge in [-0.05, 0) is 28.1 Å². The van der Waals surface area contributed by atoms with Crippen molar-refractivity contribution in [2.24, 2.45) is 0 Å². The first-order valence-corrected chi connectivity index (χ1v) is 5.10. The maximum Gasteiger partial charge on any atom is 0.368 e. The maximum atomic E-state index is 11.6. The summed E-state index contributed by atoms with van der Waals surface area (Å²) in [5, 5.41) is 9.36. The van der Waals surface area contributed by atoms with E-state index < -0.39 is 5.97 Å². The number of rotatable bonds is 2. The van der Waals surface area contributed by atoms with E-state index in [2.05, 4.69) is 31.3 Å². The van der Waals surface area contributed by atoms with Crippen LogP contribution in [-0.2, 0) is 0 Å². The van der Waals surface area contributed by atoms with Gasteiger partial charge in [-0.3, -0.25) is 0 Å². The molecule has 0 fully saturated rings. The molecule has 0 saturated heterocycles. The van der Waals surface area contributed by atoms with Gasteiger partial charge in [0.15, 0.2) is 5.82 Å². The SMILES string of the molecule is Nc1n[nH]nc1C(=O)Oc1ccccc1Br. The molecule has 0 saturated carbocycles. The smallest absolute Gasteiger partial charge is 0.368 e. The van der Waals surface area contributed by atoms with Crippen LogP contribution in [-0.4, -0.2) is 21.4 Å². The number of ether oxygens (including phenoxy) is 1. The Morgan fingerprint density at radius 1 is 1.38 bits per heavy atom. The maximum absolute atomic E-state index is 11.6. The van der Waals surface area contributed by atoms with Gasteiger partial charge in [0, 0.05) is 0 Å². The van der Waals surface area contributed by atoms with Crippen LogP contribution in [0, 0.1) is 0 Å². The zero-order valence-corrected chi connectivity index (χ0v) is 9.56. The second-order valence-corrected chi connectivity index (χ2v) is 3.73. The Labute approximate surface area is 98.9 Å². The van der Waals surface area contributed by atoms with Gasteiger partial charge >= 0.3 is 5.97 Å². The molecule has 0 amide bonds. The molecular weight excluding hydrogens is 276 g/mol. The summed E-state index contributed by atoms with van der Waals surface area (Å²) < 4.78 is 5.75. The summed E-state index contributed by atoms with van der Waals surface area (Å²) >= 11 is 3.25. The molecule has 0 aliphatic carbocycles. The van der Waals surface area contributed by atoms with E-state index in [1.54, 1.807) is 18.2 Å². The lowest BCUT2D eigenvalue weighted by Crippen LogP contribution is -2.11. The predicted molar refractivity (Wildman–Crippen MR) is 59.9 cm³/mol. The molecule has 1 aromatic heterocycles. The molecule has 0 aliphatic heterocycles. The molecule has 2 rings (SSSR count). The Morgan fingerprint density at radius 3 is 2.75 bits per heavy atom. The summed E-state index contributed by atoms with van der Waals surface area (Å²) in [6.45, 7) is 0. The van der Waals surface area contributed by atoms with E-state index in [4.69, 9.17) is 10.5 Å². The highest BCUT2D eigenvalue weighted by molar-refractivity contribution is 9.10. The molecule has 7 heteroatoms. The molecule has 3 N–H and O–H groups in total. The highest BCUT2D eigenvalue weighted by Gasteiger charge is 2.17. The number of carbonyl (C=O) groups is 1. The number of nitrogens with zero attached hydrogens (tertiary/aromatic N) is 2. The Kier molecular flexibility index (Phi) is 2.86. The Hall–Kier alpha value is -1.89. The lowest BCUT2D eigenvalue weighted by Gasteiger charge is -2.03. The van der Waals surface area contributed by atoms with Crippen LogP contribution in [0.4, 0.5) is 5.82 Å². The quantitative estimate of drug-likeness (QED) is 0.641. The van der Waals surface area contributed by atoms with Gasteiger partial charge in [-0.15, -0.1) is 10.2 Å². The fraction of sp³-hybridized carbons (Fsp3) is 0. The van der Waals surface area contributed by atoms with Crippen molar-refractivity contribution >= 4 is 27.7 Å². The van der Waals surface area contributed by atoms with Gasteiger partial charge in [-0.1, -0.05) is 12.1 Å². The molecule has 0 atom stereocenters. The summed E-state index contributed by atoms with van der Waals surface area (Å²) in [7, 11) is 0. The van der Waals surface area contributed by atoms with E-state index in [9.17, 15) is 4.79 Å². The topological polar surface area (TPSA) is 93.9 Å². The van der Waals surface area contributed by atoms with E-state index in [-0.39, 0.29) is 11.5 Å². The molecule has 0 aliphatic rings. The number of benzene rings is 1. The molecule has 0 unspecified atom stereocenters. The molecule has 82 valence electrons. The van der Waals surface area contributed by atoms with Crippen LogP contribution in [0.5, 0.6) is 5.75 Å². The van der Waals surface area contributed by atoms with Crippen molar-refractivity contribution in [3.05, 3.63) is 34.4 Å². The summed E-state index contributed by atoms with van der Waals surface area (Å²) in [4.78, 5) is 11.6. The minimum Gasteiger partial charge on any atom is -0.420 e. The van der Waals surface area contributed by atoms with Crippen molar-refractivity contribution in [2.45, 2.75) is 0 Å². The molecule has 16 heavy (non-hydrogen) atoms. The summed E-state index contributed by atoms with van der Waals surface area (Å²) in [5.74, 6) is -0.245. The van der Waals surface area contributed by atoms with Gasteiger partial charge < -0.3 is 10.5 Å². The number of hydrogen-bond donors (Lipinski definition) is 2. The lowest BCUT2D eigenvalue weighted by atomic mass is 10.3. The molecule has 1 aromatic carbocycles. The monoisotopic (exact) mass is 282 g/mol. The van der Waals surface area contributed by atoms with Gasteiger partial charge in [-0.25, -0.2) is 4.79 Å². The highest BCUT2D eigenvalue weighted by atomic mass is 79.9. The van der Waals surface area contributed by atoms with Crippen molar-refractivity contribution in [1.82, 2.24) is 15.4 Å². The fourth-order valence-corrected chi connectivity index (χ4v) is 1.43. The van der Waals surface area contributed by atoms with Crippen LogP contribution < -0.4 is 10.5 Å². The molecule has 6 nitrogen and oxygen atoms in total. The number of anilines is 1. The van der Waals surface area contributed by atoms with Crippen molar-refractivity contribution in [3.8, 4) is 5.75 Å². The van der Waals surface area contributed by atoms with Gasteiger partial charge in [0.25, 0.3) is 0 Å². The average molecular weight is 283 g/mol. The number of hydrogen-bond acceptors (Lipinski definition) is 5. The minimum atomic E-state index is -0.654. The molecule has 2 aromatic rings. The fourth-order valence-electron chi connectivity index (χ4n) is 1.07. The zero-order chi connectivity index (χ0) is 11.5. The number of aromatic nitrogens is 3. The van der Waals surface area contributed by atoms with Crippen molar-refractivity contribution in [1.29, 1.82) is 0 Å². The zero-order valence-electron chi connectivity index (χ0n) is 7.98. The number of halogens is 1. The lowest BCUT2D eigenvalue weighted by molar-refractivity contribution is 0.0728. The van der Waals surface area contributed by atoms with Crippen LogP contribution in [0.1, 0.15) is 10.5 Å². The standard InChI is InChI=1S/C9H7BrN4O2/c10-5-3-1-2-4-6(5)16-9(15)7-8(11)13-14-12-7/h1-4H,(H3,11,12,13,14). The van der Waals surface area contributed by atoms with Crippen molar-refractivity contribution in [2.75, 3.05) is 5.73 Å². The summed E-state index contributed by atoms with van der Waals surface area (Å²) in [5.41, 5.74) is 5.38. The van der Waals surface area contributed by atoms with E-state index >= 15 is 0 Å². The van der Waals surface area contributed by atoms with Gasteiger partial charge in [0.1, 0.15) is 5.75 Å². The molecular formula is C9H7BrN4O2. The van der Waals surface area contributed by atoms with Gasteiger partial charge in [0.05, 0.1) is 4.47 Å². The van der Waals surface area contributed by atoms with Gasteiger partial charge in [0.2, 0.25) is 5.69 Å². The molecule has 0 radical (unpaired) electrons.